The summed E-state index contributed by atoms with van der Waals surface area (Å²) in [4.78, 5) is 23.6. The maximum absolute atomic E-state index is 12.0. The summed E-state index contributed by atoms with van der Waals surface area (Å²) < 4.78 is 0. The van der Waals surface area contributed by atoms with Crippen LogP contribution in [0, 0.1) is 11.8 Å². The molecule has 0 spiro atoms. The maximum atomic E-state index is 12.0. The Morgan fingerprint density at radius 3 is 2.18 bits per heavy atom. The van der Waals surface area contributed by atoms with Crippen LogP contribution in [-0.4, -0.2) is 17.5 Å². The summed E-state index contributed by atoms with van der Waals surface area (Å²) in [5.74, 6) is 0.113. The monoisotopic (exact) mass is 303 g/mol. The molecule has 120 valence electrons. The van der Waals surface area contributed by atoms with Crippen LogP contribution >= 0.6 is 0 Å². The van der Waals surface area contributed by atoms with E-state index in [-0.39, 0.29) is 17.7 Å². The molecule has 0 bridgehead atoms. The molecule has 0 aliphatic carbocycles. The molecule has 0 saturated carbocycles. The third-order valence-corrected chi connectivity index (χ3v) is 2.99. The van der Waals surface area contributed by atoms with Crippen LogP contribution in [0.5, 0.6) is 0 Å². The van der Waals surface area contributed by atoms with Crippen molar-refractivity contribution in [1.29, 1.82) is 0 Å². The van der Waals surface area contributed by atoms with Gasteiger partial charge in [-0.2, -0.15) is 5.10 Å². The van der Waals surface area contributed by atoms with Crippen molar-refractivity contribution in [2.45, 2.75) is 41.0 Å². The Balaban J connectivity index is 2.62. The number of nitrogens with zero attached hydrogens (tertiary/aromatic N) is 1. The summed E-state index contributed by atoms with van der Waals surface area (Å²) in [5, 5.41) is 6.86. The van der Waals surface area contributed by atoms with Gasteiger partial charge >= 0.3 is 0 Å². The number of benzene rings is 1. The molecule has 2 N–H and O–H groups in total. The van der Waals surface area contributed by atoms with Crippen molar-refractivity contribution >= 4 is 23.2 Å². The Morgan fingerprint density at radius 1 is 1.09 bits per heavy atom. The van der Waals surface area contributed by atoms with Crippen molar-refractivity contribution in [2.24, 2.45) is 16.9 Å². The third kappa shape index (κ3) is 6.08. The second kappa shape index (κ2) is 8.32. The number of nitrogens with one attached hydrogen (secondary N) is 2. The van der Waals surface area contributed by atoms with E-state index in [0.29, 0.717) is 17.2 Å². The Bertz CT molecular complexity index is 546. The lowest BCUT2D eigenvalue weighted by Crippen LogP contribution is -2.20. The summed E-state index contributed by atoms with van der Waals surface area (Å²) in [6, 6.07) is 6.75. The lowest BCUT2D eigenvalue weighted by Gasteiger charge is -2.08. The fourth-order valence-corrected chi connectivity index (χ4v) is 1.84. The molecule has 22 heavy (non-hydrogen) atoms. The molecule has 1 aromatic carbocycles. The third-order valence-electron chi connectivity index (χ3n) is 2.99. The molecule has 2 amide bonds. The van der Waals surface area contributed by atoms with Crippen LogP contribution in [0.3, 0.4) is 0 Å². The van der Waals surface area contributed by atoms with Gasteiger partial charge in [-0.15, -0.1) is 0 Å². The van der Waals surface area contributed by atoms with Gasteiger partial charge in [0.25, 0.3) is 5.91 Å². The van der Waals surface area contributed by atoms with Gasteiger partial charge in [0.2, 0.25) is 5.91 Å². The SMILES string of the molecule is CC(CC(C)C)=NNC(=O)c1ccc(NC(=O)C(C)C)cc1. The van der Waals surface area contributed by atoms with E-state index in [1.54, 1.807) is 24.3 Å². The van der Waals surface area contributed by atoms with Gasteiger partial charge in [0.05, 0.1) is 0 Å². The Hall–Kier alpha value is -2.17. The molecule has 0 aliphatic heterocycles. The van der Waals surface area contributed by atoms with Crippen molar-refractivity contribution in [3.8, 4) is 0 Å². The normalized spacial score (nSPS) is 11.7. The number of carbonyl (C=O) groups excluding carboxylic acids is 2. The van der Waals surface area contributed by atoms with E-state index in [4.69, 9.17) is 0 Å². The molecule has 0 atom stereocenters. The lowest BCUT2D eigenvalue weighted by molar-refractivity contribution is -0.118. The fourth-order valence-electron chi connectivity index (χ4n) is 1.84. The number of hydrogen-bond donors (Lipinski definition) is 2. The quantitative estimate of drug-likeness (QED) is 0.624. The van der Waals surface area contributed by atoms with Crippen LogP contribution in [0.2, 0.25) is 0 Å². The number of hydrogen-bond acceptors (Lipinski definition) is 3. The van der Waals surface area contributed by atoms with E-state index in [9.17, 15) is 9.59 Å². The molecule has 1 aromatic rings. The number of rotatable bonds is 6. The zero-order valence-electron chi connectivity index (χ0n) is 13.9. The van der Waals surface area contributed by atoms with E-state index < -0.39 is 0 Å². The van der Waals surface area contributed by atoms with Gasteiger partial charge in [-0.1, -0.05) is 27.7 Å². The van der Waals surface area contributed by atoms with E-state index in [1.165, 1.54) is 0 Å². The zero-order chi connectivity index (χ0) is 16.7. The standard InChI is InChI=1S/C17H25N3O2/c1-11(2)10-13(5)19-20-17(22)14-6-8-15(9-7-14)18-16(21)12(3)4/h6-9,11-12H,10H2,1-5H3,(H,18,21)(H,20,22). The predicted octanol–water partition coefficient (Wildman–Crippen LogP) is 3.43. The van der Waals surface area contributed by atoms with Gasteiger partial charge in [0.1, 0.15) is 0 Å². The minimum absolute atomic E-state index is 0.0499. The molecule has 0 saturated heterocycles. The minimum atomic E-state index is -0.259. The minimum Gasteiger partial charge on any atom is -0.326 e. The van der Waals surface area contributed by atoms with E-state index in [2.05, 4.69) is 29.7 Å². The van der Waals surface area contributed by atoms with Crippen molar-refractivity contribution in [2.75, 3.05) is 5.32 Å². The summed E-state index contributed by atoms with van der Waals surface area (Å²) in [6.07, 6.45) is 0.848. The van der Waals surface area contributed by atoms with E-state index in [0.717, 1.165) is 12.1 Å². The smallest absolute Gasteiger partial charge is 0.271 e. The molecule has 0 aliphatic rings. The first-order chi connectivity index (χ1) is 10.3. The molecule has 1 rings (SSSR count). The van der Waals surface area contributed by atoms with Gasteiger partial charge in [-0.3, -0.25) is 9.59 Å². The van der Waals surface area contributed by atoms with Gasteiger partial charge in [-0.05, 0) is 43.5 Å². The molecule has 0 unspecified atom stereocenters. The Labute approximate surface area is 132 Å². The fraction of sp³-hybridized carbons (Fsp3) is 0.471. The first-order valence-electron chi connectivity index (χ1n) is 7.54. The molecule has 0 fully saturated rings. The second-order valence-corrected chi connectivity index (χ2v) is 6.11. The molecular weight excluding hydrogens is 278 g/mol. The van der Waals surface area contributed by atoms with Crippen molar-refractivity contribution in [3.63, 3.8) is 0 Å². The average molecular weight is 303 g/mol. The largest absolute Gasteiger partial charge is 0.326 e. The van der Waals surface area contributed by atoms with Gasteiger partial charge in [0, 0.05) is 22.9 Å². The van der Waals surface area contributed by atoms with Crippen LogP contribution in [0.4, 0.5) is 5.69 Å². The molecule has 0 heterocycles. The summed E-state index contributed by atoms with van der Waals surface area (Å²) in [5.41, 5.74) is 4.62. The first-order valence-corrected chi connectivity index (χ1v) is 7.54. The van der Waals surface area contributed by atoms with E-state index >= 15 is 0 Å². The van der Waals surface area contributed by atoms with Crippen LogP contribution in [0.15, 0.2) is 29.4 Å². The van der Waals surface area contributed by atoms with Gasteiger partial charge in [-0.25, -0.2) is 5.43 Å². The molecule has 0 radical (unpaired) electrons. The summed E-state index contributed by atoms with van der Waals surface area (Å²) in [6.45, 7) is 9.75. The van der Waals surface area contributed by atoms with Gasteiger partial charge < -0.3 is 5.32 Å². The Kier molecular flexibility index (Phi) is 6.76. The summed E-state index contributed by atoms with van der Waals surface area (Å²) in [7, 11) is 0. The molecular formula is C17H25N3O2. The van der Waals surface area contributed by atoms with Crippen LogP contribution < -0.4 is 10.7 Å². The molecule has 5 heteroatoms. The van der Waals surface area contributed by atoms with Crippen LogP contribution in [0.25, 0.3) is 0 Å². The summed E-state index contributed by atoms with van der Waals surface area (Å²) >= 11 is 0. The van der Waals surface area contributed by atoms with Crippen LogP contribution in [-0.2, 0) is 4.79 Å². The first kappa shape index (κ1) is 17.9. The van der Waals surface area contributed by atoms with Crippen molar-refractivity contribution in [3.05, 3.63) is 29.8 Å². The second-order valence-electron chi connectivity index (χ2n) is 6.11. The highest BCUT2D eigenvalue weighted by atomic mass is 16.2. The number of anilines is 1. The van der Waals surface area contributed by atoms with Crippen molar-refractivity contribution < 1.29 is 9.59 Å². The number of amides is 2. The topological polar surface area (TPSA) is 70.6 Å². The Morgan fingerprint density at radius 2 is 1.68 bits per heavy atom. The van der Waals surface area contributed by atoms with E-state index in [1.807, 2.05) is 20.8 Å². The van der Waals surface area contributed by atoms with Crippen molar-refractivity contribution in [1.82, 2.24) is 5.43 Å². The molecule has 0 aromatic heterocycles. The van der Waals surface area contributed by atoms with Crippen LogP contribution in [0.1, 0.15) is 51.4 Å². The lowest BCUT2D eigenvalue weighted by atomic mass is 10.1. The van der Waals surface area contributed by atoms with Gasteiger partial charge in [0.15, 0.2) is 0 Å². The zero-order valence-corrected chi connectivity index (χ0v) is 13.9. The highest BCUT2D eigenvalue weighted by Gasteiger charge is 2.08. The number of carbonyl (C=O) groups is 2. The maximum Gasteiger partial charge on any atom is 0.271 e. The molecule has 5 nitrogen and oxygen atoms in total. The highest BCUT2D eigenvalue weighted by Crippen LogP contribution is 2.11. The average Bonchev–Trinajstić information content (AvgIpc) is 2.44. The predicted molar refractivity (Wildman–Crippen MR) is 89.9 cm³/mol. The number of hydrazone groups is 1. The highest BCUT2D eigenvalue weighted by molar-refractivity contribution is 5.96.